The van der Waals surface area contributed by atoms with Crippen LogP contribution in [0.25, 0.3) is 0 Å². The van der Waals surface area contributed by atoms with Crippen molar-refractivity contribution in [2.45, 2.75) is 25.9 Å². The zero-order valence-electron chi connectivity index (χ0n) is 6.87. The third-order valence-corrected chi connectivity index (χ3v) is 2.18. The Hall–Kier alpha value is -0.480. The highest BCUT2D eigenvalue weighted by Crippen LogP contribution is 2.22. The van der Waals surface area contributed by atoms with E-state index < -0.39 is 6.10 Å². The van der Waals surface area contributed by atoms with Crippen molar-refractivity contribution >= 4 is 15.9 Å². The van der Waals surface area contributed by atoms with Gasteiger partial charge in [0.25, 0.3) is 0 Å². The van der Waals surface area contributed by atoms with Gasteiger partial charge in [0.1, 0.15) is 6.33 Å². The second kappa shape index (κ2) is 4.52. The van der Waals surface area contributed by atoms with E-state index in [0.29, 0.717) is 5.69 Å². The van der Waals surface area contributed by atoms with E-state index in [0.717, 1.165) is 17.3 Å². The standard InChI is InChI=1S/C8H11BrN2O/c1-2-3-7(12)8-6(9)4-10-5-11-8/h4-5,7,12H,2-3H2,1H3. The van der Waals surface area contributed by atoms with Gasteiger partial charge >= 0.3 is 0 Å². The van der Waals surface area contributed by atoms with Crippen molar-refractivity contribution in [2.24, 2.45) is 0 Å². The maximum atomic E-state index is 9.58. The fraction of sp³-hybridized carbons (Fsp3) is 0.500. The maximum Gasteiger partial charge on any atom is 0.115 e. The molecule has 1 atom stereocenters. The minimum absolute atomic E-state index is 0.479. The summed E-state index contributed by atoms with van der Waals surface area (Å²) >= 11 is 3.28. The third-order valence-electron chi connectivity index (χ3n) is 1.57. The van der Waals surface area contributed by atoms with Gasteiger partial charge in [-0.2, -0.15) is 0 Å². The number of hydrogen-bond acceptors (Lipinski definition) is 3. The van der Waals surface area contributed by atoms with Crippen LogP contribution in [0.15, 0.2) is 17.0 Å². The normalized spacial score (nSPS) is 12.9. The molecule has 0 aromatic carbocycles. The van der Waals surface area contributed by atoms with Crippen LogP contribution in [-0.2, 0) is 0 Å². The summed E-state index contributed by atoms with van der Waals surface area (Å²) in [5.74, 6) is 0. The molecule has 66 valence electrons. The van der Waals surface area contributed by atoms with Gasteiger partial charge in [0.05, 0.1) is 16.3 Å². The molecule has 0 saturated heterocycles. The molecule has 0 aliphatic rings. The maximum absolute atomic E-state index is 9.58. The largest absolute Gasteiger partial charge is 0.387 e. The Bertz CT molecular complexity index is 255. The summed E-state index contributed by atoms with van der Waals surface area (Å²) in [5.41, 5.74) is 0.673. The molecule has 0 radical (unpaired) electrons. The lowest BCUT2D eigenvalue weighted by Gasteiger charge is -2.08. The van der Waals surface area contributed by atoms with Crippen LogP contribution in [0.1, 0.15) is 31.6 Å². The number of aliphatic hydroxyl groups is 1. The summed E-state index contributed by atoms with van der Waals surface area (Å²) in [6.45, 7) is 2.03. The van der Waals surface area contributed by atoms with Crippen molar-refractivity contribution in [1.29, 1.82) is 0 Å². The zero-order chi connectivity index (χ0) is 8.97. The van der Waals surface area contributed by atoms with Crippen LogP contribution < -0.4 is 0 Å². The molecule has 0 amide bonds. The fourth-order valence-corrected chi connectivity index (χ4v) is 1.46. The van der Waals surface area contributed by atoms with E-state index in [2.05, 4.69) is 25.9 Å². The number of halogens is 1. The van der Waals surface area contributed by atoms with E-state index >= 15 is 0 Å². The van der Waals surface area contributed by atoms with Crippen LogP contribution in [0.3, 0.4) is 0 Å². The predicted octanol–water partition coefficient (Wildman–Crippen LogP) is 2.07. The van der Waals surface area contributed by atoms with Gasteiger partial charge in [0, 0.05) is 6.20 Å². The second-order valence-electron chi connectivity index (χ2n) is 2.56. The predicted molar refractivity (Wildman–Crippen MR) is 49.6 cm³/mol. The molecule has 0 bridgehead atoms. The molecule has 0 aliphatic heterocycles. The molecule has 1 N–H and O–H groups in total. The van der Waals surface area contributed by atoms with Gasteiger partial charge < -0.3 is 5.11 Å². The first-order valence-electron chi connectivity index (χ1n) is 3.89. The Kier molecular flexibility index (Phi) is 3.62. The summed E-state index contributed by atoms with van der Waals surface area (Å²) in [6.07, 6.45) is 4.28. The molecule has 0 fully saturated rings. The van der Waals surface area contributed by atoms with E-state index in [1.54, 1.807) is 6.20 Å². The molecule has 3 nitrogen and oxygen atoms in total. The first-order chi connectivity index (χ1) is 5.75. The summed E-state index contributed by atoms with van der Waals surface area (Å²) in [4.78, 5) is 7.81. The van der Waals surface area contributed by atoms with E-state index in [4.69, 9.17) is 0 Å². The van der Waals surface area contributed by atoms with Gasteiger partial charge in [-0.05, 0) is 22.4 Å². The van der Waals surface area contributed by atoms with E-state index in [1.807, 2.05) is 6.92 Å². The molecular weight excluding hydrogens is 220 g/mol. The van der Waals surface area contributed by atoms with Crippen LogP contribution in [0.4, 0.5) is 0 Å². The summed E-state index contributed by atoms with van der Waals surface area (Å²) in [6, 6.07) is 0. The van der Waals surface area contributed by atoms with Gasteiger partial charge in [0.15, 0.2) is 0 Å². The molecule has 12 heavy (non-hydrogen) atoms. The van der Waals surface area contributed by atoms with Crippen LogP contribution in [0.2, 0.25) is 0 Å². The smallest absolute Gasteiger partial charge is 0.115 e. The highest BCUT2D eigenvalue weighted by molar-refractivity contribution is 9.10. The minimum atomic E-state index is -0.479. The van der Waals surface area contributed by atoms with Crippen LogP contribution >= 0.6 is 15.9 Å². The molecule has 1 rings (SSSR count). The SMILES string of the molecule is CCCC(O)c1ncncc1Br. The summed E-state index contributed by atoms with van der Waals surface area (Å²) in [7, 11) is 0. The minimum Gasteiger partial charge on any atom is -0.387 e. The molecule has 1 unspecified atom stereocenters. The van der Waals surface area contributed by atoms with Crippen molar-refractivity contribution in [1.82, 2.24) is 9.97 Å². The topological polar surface area (TPSA) is 46.0 Å². The van der Waals surface area contributed by atoms with Crippen LogP contribution in [0, 0.1) is 0 Å². The molecule has 1 aromatic heterocycles. The van der Waals surface area contributed by atoms with Crippen molar-refractivity contribution in [2.75, 3.05) is 0 Å². The Morgan fingerprint density at radius 3 is 3.00 bits per heavy atom. The Morgan fingerprint density at radius 1 is 1.67 bits per heavy atom. The average Bonchev–Trinajstić information content (AvgIpc) is 2.05. The van der Waals surface area contributed by atoms with Gasteiger partial charge in [-0.3, -0.25) is 0 Å². The zero-order valence-corrected chi connectivity index (χ0v) is 8.45. The van der Waals surface area contributed by atoms with Crippen molar-refractivity contribution in [3.8, 4) is 0 Å². The number of aromatic nitrogens is 2. The first kappa shape index (κ1) is 9.61. The summed E-state index contributed by atoms with van der Waals surface area (Å²) < 4.78 is 0.769. The molecule has 0 spiro atoms. The second-order valence-corrected chi connectivity index (χ2v) is 3.41. The van der Waals surface area contributed by atoms with E-state index in [-0.39, 0.29) is 0 Å². The van der Waals surface area contributed by atoms with Gasteiger partial charge in [-0.25, -0.2) is 9.97 Å². The Labute approximate surface area is 80.0 Å². The van der Waals surface area contributed by atoms with Gasteiger partial charge in [0.2, 0.25) is 0 Å². The highest BCUT2D eigenvalue weighted by Gasteiger charge is 2.10. The van der Waals surface area contributed by atoms with Crippen molar-refractivity contribution in [3.63, 3.8) is 0 Å². The number of nitrogens with zero attached hydrogens (tertiary/aromatic N) is 2. The Balaban J connectivity index is 2.79. The summed E-state index contributed by atoms with van der Waals surface area (Å²) in [5, 5.41) is 9.58. The highest BCUT2D eigenvalue weighted by atomic mass is 79.9. The number of rotatable bonds is 3. The van der Waals surface area contributed by atoms with Gasteiger partial charge in [-0.1, -0.05) is 13.3 Å². The average molecular weight is 231 g/mol. The molecular formula is C8H11BrN2O. The van der Waals surface area contributed by atoms with Crippen LogP contribution in [-0.4, -0.2) is 15.1 Å². The molecule has 4 heteroatoms. The number of hydrogen-bond donors (Lipinski definition) is 1. The molecule has 0 saturated carbocycles. The third kappa shape index (κ3) is 2.25. The quantitative estimate of drug-likeness (QED) is 0.866. The van der Waals surface area contributed by atoms with Crippen molar-refractivity contribution < 1.29 is 5.11 Å². The monoisotopic (exact) mass is 230 g/mol. The lowest BCUT2D eigenvalue weighted by Crippen LogP contribution is -2.01. The number of aliphatic hydroxyl groups excluding tert-OH is 1. The van der Waals surface area contributed by atoms with E-state index in [1.165, 1.54) is 6.33 Å². The lowest BCUT2D eigenvalue weighted by molar-refractivity contribution is 0.160. The van der Waals surface area contributed by atoms with Crippen molar-refractivity contribution in [3.05, 3.63) is 22.7 Å². The van der Waals surface area contributed by atoms with Gasteiger partial charge in [-0.15, -0.1) is 0 Å². The molecule has 0 aliphatic carbocycles. The fourth-order valence-electron chi connectivity index (χ4n) is 0.977. The van der Waals surface area contributed by atoms with Crippen LogP contribution in [0.5, 0.6) is 0 Å². The Morgan fingerprint density at radius 2 is 2.42 bits per heavy atom. The van der Waals surface area contributed by atoms with E-state index in [9.17, 15) is 5.11 Å². The molecule has 1 heterocycles. The lowest BCUT2D eigenvalue weighted by atomic mass is 10.1. The molecule has 1 aromatic rings. The first-order valence-corrected chi connectivity index (χ1v) is 4.68.